The van der Waals surface area contributed by atoms with Crippen LogP contribution in [0.4, 0.5) is 0 Å². The standard InChI is InChI=1S/C10H20O5/c1-2-3-10(12)15-9-8-14-7-6-13-5-4-11/h11H,2-9H2,1H3. The lowest BCUT2D eigenvalue weighted by molar-refractivity contribution is -0.145. The van der Waals surface area contributed by atoms with E-state index in [0.29, 0.717) is 39.5 Å². The molecule has 0 aromatic carbocycles. The van der Waals surface area contributed by atoms with E-state index in [1.165, 1.54) is 0 Å². The van der Waals surface area contributed by atoms with Crippen molar-refractivity contribution in [3.63, 3.8) is 0 Å². The van der Waals surface area contributed by atoms with Crippen molar-refractivity contribution in [2.24, 2.45) is 0 Å². The van der Waals surface area contributed by atoms with Crippen LogP contribution in [0.25, 0.3) is 0 Å². The average Bonchev–Trinajstić information content (AvgIpc) is 2.22. The van der Waals surface area contributed by atoms with Crippen LogP contribution in [-0.2, 0) is 19.0 Å². The number of hydrogen-bond acceptors (Lipinski definition) is 5. The van der Waals surface area contributed by atoms with Crippen LogP contribution in [0.2, 0.25) is 0 Å². The molecule has 0 aromatic rings. The minimum atomic E-state index is -0.183. The van der Waals surface area contributed by atoms with Crippen molar-refractivity contribution in [2.45, 2.75) is 19.8 Å². The Kier molecular flexibility index (Phi) is 10.9. The normalized spacial score (nSPS) is 10.3. The Bertz CT molecular complexity index is 149. The third-order valence-corrected chi connectivity index (χ3v) is 1.55. The van der Waals surface area contributed by atoms with E-state index in [-0.39, 0.29) is 12.6 Å². The number of hydrogen-bond donors (Lipinski definition) is 1. The van der Waals surface area contributed by atoms with Crippen molar-refractivity contribution in [2.75, 3.05) is 39.6 Å². The quantitative estimate of drug-likeness (QED) is 0.425. The lowest BCUT2D eigenvalue weighted by Crippen LogP contribution is -2.13. The summed E-state index contributed by atoms with van der Waals surface area (Å²) < 4.78 is 15.0. The van der Waals surface area contributed by atoms with Gasteiger partial charge in [0, 0.05) is 6.42 Å². The molecule has 90 valence electrons. The summed E-state index contributed by atoms with van der Waals surface area (Å²) in [7, 11) is 0. The Labute approximate surface area is 90.3 Å². The highest BCUT2D eigenvalue weighted by Gasteiger charge is 1.99. The topological polar surface area (TPSA) is 65.0 Å². The van der Waals surface area contributed by atoms with Crippen LogP contribution in [0, 0.1) is 0 Å². The van der Waals surface area contributed by atoms with E-state index in [2.05, 4.69) is 0 Å². The minimum absolute atomic E-state index is 0.0225. The molecule has 0 heterocycles. The van der Waals surface area contributed by atoms with Crippen molar-refractivity contribution in [1.82, 2.24) is 0 Å². The Morgan fingerprint density at radius 1 is 1.07 bits per heavy atom. The molecule has 0 rings (SSSR count). The van der Waals surface area contributed by atoms with Crippen LogP contribution in [0.5, 0.6) is 0 Å². The molecule has 5 nitrogen and oxygen atoms in total. The Morgan fingerprint density at radius 3 is 2.27 bits per heavy atom. The molecule has 1 N–H and O–H groups in total. The first-order valence-corrected chi connectivity index (χ1v) is 5.23. The Hall–Kier alpha value is -0.650. The molecule has 0 saturated heterocycles. The van der Waals surface area contributed by atoms with Gasteiger partial charge in [-0.1, -0.05) is 6.92 Å². The molecule has 5 heteroatoms. The van der Waals surface area contributed by atoms with Crippen LogP contribution in [0.1, 0.15) is 19.8 Å². The minimum Gasteiger partial charge on any atom is -0.463 e. The lowest BCUT2D eigenvalue weighted by Gasteiger charge is -2.05. The molecule has 0 bridgehead atoms. The van der Waals surface area contributed by atoms with Crippen LogP contribution in [0.15, 0.2) is 0 Å². The zero-order valence-electron chi connectivity index (χ0n) is 9.24. The summed E-state index contributed by atoms with van der Waals surface area (Å²) in [5.74, 6) is -0.183. The molecular formula is C10H20O5. The average molecular weight is 220 g/mol. The maximum Gasteiger partial charge on any atom is 0.305 e. The summed E-state index contributed by atoms with van der Waals surface area (Å²) in [6.45, 7) is 3.85. The molecule has 0 unspecified atom stereocenters. The van der Waals surface area contributed by atoms with Gasteiger partial charge in [0.15, 0.2) is 0 Å². The van der Waals surface area contributed by atoms with Crippen molar-refractivity contribution < 1.29 is 24.1 Å². The molecule has 0 aromatic heterocycles. The molecule has 0 atom stereocenters. The van der Waals surface area contributed by atoms with Gasteiger partial charge < -0.3 is 19.3 Å². The van der Waals surface area contributed by atoms with E-state index in [1.54, 1.807) is 0 Å². The maximum absolute atomic E-state index is 10.9. The van der Waals surface area contributed by atoms with Gasteiger partial charge in [0.1, 0.15) is 6.61 Å². The summed E-state index contributed by atoms with van der Waals surface area (Å²) in [5.41, 5.74) is 0. The number of carbonyl (C=O) groups is 1. The molecule has 0 amide bonds. The Balaban J connectivity index is 3.01. The fourth-order valence-corrected chi connectivity index (χ4v) is 0.877. The van der Waals surface area contributed by atoms with Crippen LogP contribution in [-0.4, -0.2) is 50.7 Å². The van der Waals surface area contributed by atoms with Crippen molar-refractivity contribution >= 4 is 5.97 Å². The highest BCUT2D eigenvalue weighted by atomic mass is 16.6. The molecule has 0 aliphatic carbocycles. The number of aliphatic hydroxyl groups excluding tert-OH is 1. The maximum atomic E-state index is 10.9. The predicted octanol–water partition coefficient (Wildman–Crippen LogP) is 0.355. The van der Waals surface area contributed by atoms with Gasteiger partial charge in [0.25, 0.3) is 0 Å². The molecule has 15 heavy (non-hydrogen) atoms. The molecule has 0 aliphatic rings. The fraction of sp³-hybridized carbons (Fsp3) is 0.900. The summed E-state index contributed by atoms with van der Waals surface area (Å²) in [5, 5.41) is 8.40. The lowest BCUT2D eigenvalue weighted by atomic mass is 10.3. The second-order valence-corrected chi connectivity index (χ2v) is 2.92. The second kappa shape index (κ2) is 11.4. The summed E-state index contributed by atoms with van der Waals surface area (Å²) in [4.78, 5) is 10.9. The molecule has 0 spiro atoms. The van der Waals surface area contributed by atoms with Crippen LogP contribution in [0.3, 0.4) is 0 Å². The van der Waals surface area contributed by atoms with E-state index in [4.69, 9.17) is 19.3 Å². The summed E-state index contributed by atoms with van der Waals surface area (Å²) >= 11 is 0. The number of rotatable bonds is 10. The van der Waals surface area contributed by atoms with E-state index in [0.717, 1.165) is 6.42 Å². The Morgan fingerprint density at radius 2 is 1.67 bits per heavy atom. The zero-order valence-corrected chi connectivity index (χ0v) is 9.24. The third-order valence-electron chi connectivity index (χ3n) is 1.55. The van der Waals surface area contributed by atoms with Gasteiger partial charge in [-0.3, -0.25) is 4.79 Å². The van der Waals surface area contributed by atoms with Crippen molar-refractivity contribution in [3.8, 4) is 0 Å². The summed E-state index contributed by atoms with van der Waals surface area (Å²) in [6.07, 6.45) is 1.26. The smallest absolute Gasteiger partial charge is 0.305 e. The second-order valence-electron chi connectivity index (χ2n) is 2.92. The first-order chi connectivity index (χ1) is 7.31. The molecular weight excluding hydrogens is 200 g/mol. The molecule has 0 saturated carbocycles. The van der Waals surface area contributed by atoms with Gasteiger partial charge >= 0.3 is 5.97 Å². The number of aliphatic hydroxyl groups is 1. The number of esters is 1. The zero-order chi connectivity index (χ0) is 11.4. The fourth-order valence-electron chi connectivity index (χ4n) is 0.877. The highest BCUT2D eigenvalue weighted by Crippen LogP contribution is 1.90. The molecule has 0 fully saturated rings. The highest BCUT2D eigenvalue weighted by molar-refractivity contribution is 5.69. The van der Waals surface area contributed by atoms with E-state index >= 15 is 0 Å². The number of ether oxygens (including phenoxy) is 3. The third kappa shape index (κ3) is 11.3. The van der Waals surface area contributed by atoms with Gasteiger partial charge in [-0.15, -0.1) is 0 Å². The van der Waals surface area contributed by atoms with Gasteiger partial charge in [-0.25, -0.2) is 0 Å². The van der Waals surface area contributed by atoms with Crippen LogP contribution < -0.4 is 0 Å². The first-order valence-electron chi connectivity index (χ1n) is 5.23. The predicted molar refractivity (Wildman–Crippen MR) is 54.6 cm³/mol. The number of carbonyl (C=O) groups excluding carboxylic acids is 1. The van der Waals surface area contributed by atoms with Crippen molar-refractivity contribution in [3.05, 3.63) is 0 Å². The van der Waals surface area contributed by atoms with E-state index in [9.17, 15) is 4.79 Å². The van der Waals surface area contributed by atoms with E-state index in [1.807, 2.05) is 6.92 Å². The summed E-state index contributed by atoms with van der Waals surface area (Å²) in [6, 6.07) is 0. The van der Waals surface area contributed by atoms with Gasteiger partial charge in [-0.2, -0.15) is 0 Å². The van der Waals surface area contributed by atoms with Crippen molar-refractivity contribution in [1.29, 1.82) is 0 Å². The van der Waals surface area contributed by atoms with Gasteiger partial charge in [-0.05, 0) is 6.42 Å². The molecule has 0 aliphatic heterocycles. The largest absolute Gasteiger partial charge is 0.463 e. The van der Waals surface area contributed by atoms with Crippen LogP contribution >= 0.6 is 0 Å². The first kappa shape index (κ1) is 14.3. The van der Waals surface area contributed by atoms with E-state index < -0.39 is 0 Å². The SMILES string of the molecule is CCCC(=O)OCCOCCOCCO. The van der Waals surface area contributed by atoms with Gasteiger partial charge in [0.2, 0.25) is 0 Å². The monoisotopic (exact) mass is 220 g/mol. The molecule has 0 radical (unpaired) electrons. The van der Waals surface area contributed by atoms with Gasteiger partial charge in [0.05, 0.1) is 33.0 Å².